The Kier molecular flexibility index (Phi) is 3.51. The number of carbonyl (C=O) groups is 2. The van der Waals surface area contributed by atoms with E-state index in [1.807, 2.05) is 0 Å². The molecule has 1 saturated heterocycles. The fraction of sp³-hybridized carbons (Fsp3) is 0.556. The average Bonchev–Trinajstić information content (AvgIpc) is 2.42. The molecule has 1 aliphatic heterocycles. The molecule has 0 radical (unpaired) electrons. The summed E-state index contributed by atoms with van der Waals surface area (Å²) < 4.78 is 5.03. The Labute approximate surface area is 93.9 Å². The van der Waals surface area contributed by atoms with E-state index in [-0.39, 0.29) is 6.03 Å². The molecule has 1 fully saturated rings. The van der Waals surface area contributed by atoms with Crippen LogP contribution in [0.3, 0.4) is 0 Å². The van der Waals surface area contributed by atoms with Gasteiger partial charge in [0.1, 0.15) is 5.60 Å². The van der Waals surface area contributed by atoms with E-state index < -0.39 is 11.6 Å². The number of nitrogens with one attached hydrogen (secondary N) is 2. The summed E-state index contributed by atoms with van der Waals surface area (Å²) in [7, 11) is 1.55. The third-order valence-electron chi connectivity index (χ3n) is 1.60. The van der Waals surface area contributed by atoms with Gasteiger partial charge in [0.05, 0.1) is 0 Å². The van der Waals surface area contributed by atoms with Gasteiger partial charge in [-0.1, -0.05) is 0 Å². The molecule has 0 unspecified atom stereocenters. The van der Waals surface area contributed by atoms with Gasteiger partial charge in [0.25, 0.3) is 0 Å². The maximum Gasteiger partial charge on any atom is 0.354 e. The molecule has 0 spiro atoms. The molecule has 2 amide bonds. The van der Waals surface area contributed by atoms with Gasteiger partial charge >= 0.3 is 12.0 Å². The summed E-state index contributed by atoms with van der Waals surface area (Å²) in [6.07, 6.45) is 2.48. The smallest absolute Gasteiger partial charge is 0.354 e. The predicted molar refractivity (Wildman–Crippen MR) is 56.3 cm³/mol. The molecule has 0 aromatic rings. The molecule has 16 heavy (non-hydrogen) atoms. The normalized spacial score (nSPS) is 17.4. The van der Waals surface area contributed by atoms with E-state index in [0.29, 0.717) is 0 Å². The van der Waals surface area contributed by atoms with Crippen LogP contribution >= 0.6 is 0 Å². The van der Waals surface area contributed by atoms with E-state index in [1.54, 1.807) is 27.8 Å². The molecule has 2 N–H and O–H groups in total. The van der Waals surface area contributed by atoms with Crippen molar-refractivity contribution in [3.8, 4) is 0 Å². The van der Waals surface area contributed by atoms with E-state index >= 15 is 0 Å². The summed E-state index contributed by atoms with van der Waals surface area (Å²) in [5.74, 6) is -0.503. The van der Waals surface area contributed by atoms with Gasteiger partial charge in [0, 0.05) is 19.3 Å². The van der Waals surface area contributed by atoms with Crippen LogP contribution in [0.4, 0.5) is 4.79 Å². The van der Waals surface area contributed by atoms with Crippen LogP contribution in [-0.2, 0) is 9.53 Å². The van der Waals surface area contributed by atoms with Crippen molar-refractivity contribution in [2.75, 3.05) is 7.05 Å². The van der Waals surface area contributed by atoms with Crippen LogP contribution in [0.1, 0.15) is 20.8 Å². The number of hydrazine groups is 3. The van der Waals surface area contributed by atoms with Crippen LogP contribution in [0.15, 0.2) is 12.3 Å². The molecule has 0 saturated carbocycles. The first-order valence-electron chi connectivity index (χ1n) is 4.79. The highest BCUT2D eigenvalue weighted by Crippen LogP contribution is 2.07. The van der Waals surface area contributed by atoms with Crippen molar-refractivity contribution in [3.63, 3.8) is 0 Å². The number of hydrogen-bond acceptors (Lipinski definition) is 5. The number of urea groups is 1. The highest BCUT2D eigenvalue weighted by Gasteiger charge is 2.23. The molecule has 1 aliphatic rings. The summed E-state index contributed by atoms with van der Waals surface area (Å²) in [5, 5.41) is 2.36. The van der Waals surface area contributed by atoms with E-state index in [0.717, 1.165) is 5.01 Å². The fourth-order valence-electron chi connectivity index (χ4n) is 0.958. The first kappa shape index (κ1) is 12.5. The minimum atomic E-state index is -0.543. The highest BCUT2D eigenvalue weighted by molar-refractivity contribution is 5.83. The zero-order chi connectivity index (χ0) is 12.3. The predicted octanol–water partition coefficient (Wildman–Crippen LogP) is 0.133. The van der Waals surface area contributed by atoms with Crippen molar-refractivity contribution in [1.29, 1.82) is 0 Å². The van der Waals surface area contributed by atoms with Crippen LogP contribution < -0.4 is 11.1 Å². The SMILES string of the molecule is CN1NNN(/C=C/C(=O)OC(C)(C)C)C1=O. The Morgan fingerprint density at radius 1 is 1.38 bits per heavy atom. The van der Waals surface area contributed by atoms with Crippen molar-refractivity contribution in [2.24, 2.45) is 0 Å². The van der Waals surface area contributed by atoms with E-state index in [2.05, 4.69) is 11.1 Å². The highest BCUT2D eigenvalue weighted by atomic mass is 16.6. The van der Waals surface area contributed by atoms with Crippen LogP contribution in [0.2, 0.25) is 0 Å². The maximum absolute atomic E-state index is 11.3. The standard InChI is InChI=1S/C9H16N4O3/c1-9(2,3)16-7(14)5-6-13-8(15)12(4)10-11-13/h5-6,10-11H,1-4H3/b6-5+. The Balaban J connectivity index is 2.48. The minimum absolute atomic E-state index is 0.320. The molecule has 7 nitrogen and oxygen atoms in total. The largest absolute Gasteiger partial charge is 0.457 e. The van der Waals surface area contributed by atoms with Gasteiger partial charge in [-0.3, -0.25) is 0 Å². The van der Waals surface area contributed by atoms with Crippen molar-refractivity contribution < 1.29 is 14.3 Å². The van der Waals surface area contributed by atoms with Crippen LogP contribution in [0.5, 0.6) is 0 Å². The van der Waals surface area contributed by atoms with Crippen molar-refractivity contribution in [2.45, 2.75) is 26.4 Å². The van der Waals surface area contributed by atoms with Crippen LogP contribution in [0.25, 0.3) is 0 Å². The molecule has 1 rings (SSSR count). The van der Waals surface area contributed by atoms with Gasteiger partial charge < -0.3 is 4.74 Å². The van der Waals surface area contributed by atoms with E-state index in [1.165, 1.54) is 17.3 Å². The third kappa shape index (κ3) is 3.52. The van der Waals surface area contributed by atoms with Crippen LogP contribution in [-0.4, -0.2) is 34.7 Å². The minimum Gasteiger partial charge on any atom is -0.457 e. The lowest BCUT2D eigenvalue weighted by molar-refractivity contribution is -0.148. The Hall–Kier alpha value is -1.60. The number of rotatable bonds is 2. The van der Waals surface area contributed by atoms with Gasteiger partial charge in [-0.15, -0.1) is 11.1 Å². The zero-order valence-corrected chi connectivity index (χ0v) is 9.77. The summed E-state index contributed by atoms with van der Waals surface area (Å²) in [4.78, 5) is 22.6. The molecule has 1 heterocycles. The van der Waals surface area contributed by atoms with Crippen molar-refractivity contribution in [1.82, 2.24) is 21.1 Å². The summed E-state index contributed by atoms with van der Waals surface area (Å²) in [5.41, 5.74) is 4.54. The molecular formula is C9H16N4O3. The number of esters is 1. The van der Waals surface area contributed by atoms with E-state index in [4.69, 9.17) is 4.74 Å². The van der Waals surface area contributed by atoms with Crippen molar-refractivity contribution in [3.05, 3.63) is 12.3 Å². The molecule has 0 aliphatic carbocycles. The first-order chi connectivity index (χ1) is 7.29. The van der Waals surface area contributed by atoms with Crippen molar-refractivity contribution >= 4 is 12.0 Å². The van der Waals surface area contributed by atoms with Gasteiger partial charge in [-0.25, -0.2) is 19.6 Å². The molecule has 7 heteroatoms. The van der Waals surface area contributed by atoms with Gasteiger partial charge in [-0.05, 0) is 20.8 Å². The Morgan fingerprint density at radius 3 is 2.44 bits per heavy atom. The molecular weight excluding hydrogens is 212 g/mol. The van der Waals surface area contributed by atoms with Gasteiger partial charge in [-0.2, -0.15) is 0 Å². The zero-order valence-electron chi connectivity index (χ0n) is 9.77. The third-order valence-corrected chi connectivity index (χ3v) is 1.60. The second-order valence-corrected chi connectivity index (χ2v) is 4.28. The molecule has 0 atom stereocenters. The number of amides is 2. The summed E-state index contributed by atoms with van der Waals surface area (Å²) >= 11 is 0. The van der Waals surface area contributed by atoms with Crippen LogP contribution in [0, 0.1) is 0 Å². The number of nitrogens with zero attached hydrogens (tertiary/aromatic N) is 2. The molecule has 90 valence electrons. The van der Waals surface area contributed by atoms with Gasteiger partial charge in [0.15, 0.2) is 0 Å². The lowest BCUT2D eigenvalue weighted by Gasteiger charge is -2.18. The number of carbonyl (C=O) groups excluding carboxylic acids is 2. The Morgan fingerprint density at radius 2 is 2.00 bits per heavy atom. The topological polar surface area (TPSA) is 73.9 Å². The monoisotopic (exact) mass is 228 g/mol. The Bertz CT molecular complexity index is 321. The maximum atomic E-state index is 11.3. The number of hydrogen-bond donors (Lipinski definition) is 2. The summed E-state index contributed by atoms with van der Waals surface area (Å²) in [6.45, 7) is 5.31. The van der Waals surface area contributed by atoms with Gasteiger partial charge in [0.2, 0.25) is 0 Å². The first-order valence-corrected chi connectivity index (χ1v) is 4.79. The molecule has 0 bridgehead atoms. The second-order valence-electron chi connectivity index (χ2n) is 4.28. The fourth-order valence-corrected chi connectivity index (χ4v) is 0.958. The number of ether oxygens (including phenoxy) is 1. The molecule has 0 aromatic heterocycles. The lowest BCUT2D eigenvalue weighted by Crippen LogP contribution is -2.35. The average molecular weight is 228 g/mol. The quantitative estimate of drug-likeness (QED) is 0.519. The molecule has 0 aromatic carbocycles. The summed E-state index contributed by atoms with van der Waals surface area (Å²) in [6, 6.07) is -0.320. The second kappa shape index (κ2) is 4.50. The lowest BCUT2D eigenvalue weighted by atomic mass is 10.2. The van der Waals surface area contributed by atoms with E-state index in [9.17, 15) is 9.59 Å².